The Morgan fingerprint density at radius 3 is 2.62 bits per heavy atom. The lowest BCUT2D eigenvalue weighted by Gasteiger charge is -2.19. The van der Waals surface area contributed by atoms with Crippen LogP contribution in [0, 0.1) is 6.92 Å². The summed E-state index contributed by atoms with van der Waals surface area (Å²) in [6.07, 6.45) is 1.62. The minimum Gasteiger partial charge on any atom is -0.495 e. The molecule has 5 nitrogen and oxygen atoms in total. The fraction of sp³-hybridized carbons (Fsp3) is 0.190. The number of methoxy groups -OCH3 is 1. The standard InChI is InChI=1S/C21H22N2O3/c1-15-10-11-19(25-2)18(13-15)23-21(24)20(16-7-4-3-5-8-16)22-14-17-9-6-12-26-17/h3-13,20,22H,14H2,1-2H3,(H,23,24). The van der Waals surface area contributed by atoms with Crippen molar-refractivity contribution < 1.29 is 13.9 Å². The van der Waals surface area contributed by atoms with Gasteiger partial charge in [-0.05, 0) is 42.3 Å². The molecule has 0 aliphatic rings. The number of benzene rings is 2. The molecular formula is C21H22N2O3. The van der Waals surface area contributed by atoms with Crippen molar-refractivity contribution in [2.24, 2.45) is 0 Å². The number of anilines is 1. The van der Waals surface area contributed by atoms with Crippen molar-refractivity contribution in [2.75, 3.05) is 12.4 Å². The molecule has 1 aromatic heterocycles. The predicted molar refractivity (Wildman–Crippen MR) is 101 cm³/mol. The number of furan rings is 1. The molecule has 2 aromatic carbocycles. The van der Waals surface area contributed by atoms with E-state index in [4.69, 9.17) is 9.15 Å². The Kier molecular flexibility index (Phi) is 5.71. The average molecular weight is 350 g/mol. The van der Waals surface area contributed by atoms with Crippen LogP contribution < -0.4 is 15.4 Å². The van der Waals surface area contributed by atoms with Gasteiger partial charge >= 0.3 is 0 Å². The normalized spacial score (nSPS) is 11.8. The minimum atomic E-state index is -0.522. The highest BCUT2D eigenvalue weighted by molar-refractivity contribution is 5.96. The third kappa shape index (κ3) is 4.32. The highest BCUT2D eigenvalue weighted by Crippen LogP contribution is 2.26. The first kappa shape index (κ1) is 17.8. The van der Waals surface area contributed by atoms with Crippen LogP contribution in [-0.2, 0) is 11.3 Å². The monoisotopic (exact) mass is 350 g/mol. The molecule has 3 rings (SSSR count). The van der Waals surface area contributed by atoms with Crippen molar-refractivity contribution in [1.82, 2.24) is 5.32 Å². The molecule has 0 aliphatic heterocycles. The number of amides is 1. The lowest BCUT2D eigenvalue weighted by Crippen LogP contribution is -2.32. The summed E-state index contributed by atoms with van der Waals surface area (Å²) in [5.41, 5.74) is 2.57. The molecule has 0 fully saturated rings. The van der Waals surface area contributed by atoms with Crippen LogP contribution in [0.5, 0.6) is 5.75 Å². The molecule has 0 radical (unpaired) electrons. The Morgan fingerprint density at radius 1 is 1.12 bits per heavy atom. The van der Waals surface area contributed by atoms with Gasteiger partial charge in [0.15, 0.2) is 0 Å². The van der Waals surface area contributed by atoms with Crippen LogP contribution in [0.1, 0.15) is 22.9 Å². The van der Waals surface area contributed by atoms with Crippen LogP contribution in [0.25, 0.3) is 0 Å². The van der Waals surface area contributed by atoms with E-state index in [0.29, 0.717) is 18.0 Å². The van der Waals surface area contributed by atoms with E-state index in [-0.39, 0.29) is 5.91 Å². The molecule has 2 N–H and O–H groups in total. The Bertz CT molecular complexity index is 845. The topological polar surface area (TPSA) is 63.5 Å². The minimum absolute atomic E-state index is 0.161. The second-order valence-electron chi connectivity index (χ2n) is 6.00. The van der Waals surface area contributed by atoms with E-state index in [0.717, 1.165) is 16.9 Å². The summed E-state index contributed by atoms with van der Waals surface area (Å²) in [6, 6.07) is 18.5. The Labute approximate surface area is 153 Å². The smallest absolute Gasteiger partial charge is 0.246 e. The summed E-state index contributed by atoms with van der Waals surface area (Å²) < 4.78 is 10.7. The number of ether oxygens (including phenoxy) is 1. The van der Waals surface area contributed by atoms with Crippen LogP contribution in [0.15, 0.2) is 71.3 Å². The van der Waals surface area contributed by atoms with E-state index < -0.39 is 6.04 Å². The Hall–Kier alpha value is -3.05. The van der Waals surface area contributed by atoms with Gasteiger partial charge in [-0.1, -0.05) is 36.4 Å². The van der Waals surface area contributed by atoms with Gasteiger partial charge in [0, 0.05) is 0 Å². The van der Waals surface area contributed by atoms with Crippen molar-refractivity contribution in [3.63, 3.8) is 0 Å². The van der Waals surface area contributed by atoms with Gasteiger partial charge in [-0.3, -0.25) is 10.1 Å². The third-order valence-corrected chi connectivity index (χ3v) is 4.07. The van der Waals surface area contributed by atoms with Gasteiger partial charge in [0.2, 0.25) is 5.91 Å². The zero-order valence-electron chi connectivity index (χ0n) is 14.9. The molecule has 1 heterocycles. The van der Waals surface area contributed by atoms with Crippen molar-refractivity contribution in [2.45, 2.75) is 19.5 Å². The average Bonchev–Trinajstić information content (AvgIpc) is 3.16. The van der Waals surface area contributed by atoms with E-state index >= 15 is 0 Å². The molecule has 3 aromatic rings. The van der Waals surface area contributed by atoms with Gasteiger partial charge in [0.25, 0.3) is 0 Å². The number of rotatable bonds is 7. The fourth-order valence-electron chi connectivity index (χ4n) is 2.75. The highest BCUT2D eigenvalue weighted by Gasteiger charge is 2.21. The van der Waals surface area contributed by atoms with E-state index in [1.807, 2.05) is 67.6 Å². The second-order valence-corrected chi connectivity index (χ2v) is 6.00. The molecule has 0 saturated carbocycles. The zero-order chi connectivity index (χ0) is 18.4. The number of aryl methyl sites for hydroxylation is 1. The molecule has 0 spiro atoms. The maximum Gasteiger partial charge on any atom is 0.246 e. The highest BCUT2D eigenvalue weighted by atomic mass is 16.5. The molecule has 1 atom stereocenters. The first-order chi connectivity index (χ1) is 12.7. The number of nitrogens with one attached hydrogen (secondary N) is 2. The molecule has 1 amide bonds. The molecule has 5 heteroatoms. The van der Waals surface area contributed by atoms with Crippen LogP contribution >= 0.6 is 0 Å². The van der Waals surface area contributed by atoms with Gasteiger partial charge in [-0.2, -0.15) is 0 Å². The van der Waals surface area contributed by atoms with Gasteiger partial charge in [-0.15, -0.1) is 0 Å². The summed E-state index contributed by atoms with van der Waals surface area (Å²) >= 11 is 0. The fourth-order valence-corrected chi connectivity index (χ4v) is 2.75. The number of carbonyl (C=O) groups excluding carboxylic acids is 1. The van der Waals surface area contributed by atoms with Crippen LogP contribution in [0.3, 0.4) is 0 Å². The predicted octanol–water partition coefficient (Wildman–Crippen LogP) is 4.07. The van der Waals surface area contributed by atoms with E-state index in [1.54, 1.807) is 13.4 Å². The van der Waals surface area contributed by atoms with E-state index in [2.05, 4.69) is 10.6 Å². The van der Waals surface area contributed by atoms with E-state index in [1.165, 1.54) is 0 Å². The Morgan fingerprint density at radius 2 is 1.92 bits per heavy atom. The van der Waals surface area contributed by atoms with Gasteiger partial charge in [-0.25, -0.2) is 0 Å². The first-order valence-corrected chi connectivity index (χ1v) is 8.43. The summed E-state index contributed by atoms with van der Waals surface area (Å²) in [6.45, 7) is 2.42. The largest absolute Gasteiger partial charge is 0.495 e. The molecule has 0 bridgehead atoms. The van der Waals surface area contributed by atoms with Crippen LogP contribution in [0.4, 0.5) is 5.69 Å². The molecule has 134 valence electrons. The van der Waals surface area contributed by atoms with Gasteiger partial charge < -0.3 is 14.5 Å². The maximum absolute atomic E-state index is 13.0. The molecular weight excluding hydrogens is 328 g/mol. The SMILES string of the molecule is COc1ccc(C)cc1NC(=O)C(NCc1ccco1)c1ccccc1. The molecule has 0 aliphatic carbocycles. The van der Waals surface area contributed by atoms with Crippen molar-refractivity contribution in [3.05, 3.63) is 83.8 Å². The summed E-state index contributed by atoms with van der Waals surface area (Å²) in [4.78, 5) is 13.0. The molecule has 0 saturated heterocycles. The lowest BCUT2D eigenvalue weighted by atomic mass is 10.1. The molecule has 26 heavy (non-hydrogen) atoms. The number of carbonyl (C=O) groups is 1. The van der Waals surface area contributed by atoms with Gasteiger partial charge in [0.1, 0.15) is 17.6 Å². The summed E-state index contributed by atoms with van der Waals surface area (Å²) in [5.74, 6) is 1.24. The number of hydrogen-bond acceptors (Lipinski definition) is 4. The summed E-state index contributed by atoms with van der Waals surface area (Å²) in [7, 11) is 1.59. The number of hydrogen-bond donors (Lipinski definition) is 2. The van der Waals surface area contributed by atoms with E-state index in [9.17, 15) is 4.79 Å². The lowest BCUT2D eigenvalue weighted by molar-refractivity contribution is -0.118. The quantitative estimate of drug-likeness (QED) is 0.674. The Balaban J connectivity index is 1.81. The molecule has 1 unspecified atom stereocenters. The summed E-state index contributed by atoms with van der Waals surface area (Å²) in [5, 5.41) is 6.24. The van der Waals surface area contributed by atoms with Gasteiger partial charge in [0.05, 0.1) is 25.6 Å². The van der Waals surface area contributed by atoms with Crippen molar-refractivity contribution in [1.29, 1.82) is 0 Å². The van der Waals surface area contributed by atoms with Crippen LogP contribution in [0.2, 0.25) is 0 Å². The zero-order valence-corrected chi connectivity index (χ0v) is 14.9. The second kappa shape index (κ2) is 8.36. The first-order valence-electron chi connectivity index (χ1n) is 8.43. The van der Waals surface area contributed by atoms with Crippen molar-refractivity contribution >= 4 is 11.6 Å². The van der Waals surface area contributed by atoms with Crippen molar-refractivity contribution in [3.8, 4) is 5.75 Å². The maximum atomic E-state index is 13.0. The van der Waals surface area contributed by atoms with Crippen LogP contribution in [-0.4, -0.2) is 13.0 Å². The third-order valence-electron chi connectivity index (χ3n) is 4.07.